The zero-order chi connectivity index (χ0) is 17.5. The molecule has 25 heavy (non-hydrogen) atoms. The number of piperidine rings is 1. The molecule has 0 aliphatic carbocycles. The van der Waals surface area contributed by atoms with E-state index in [0.717, 1.165) is 63.2 Å². The topological polar surface area (TPSA) is 73.5 Å². The number of likely N-dealkylation sites (tertiary alicyclic amines) is 1. The molecule has 136 valence electrons. The van der Waals surface area contributed by atoms with Crippen LogP contribution in [-0.4, -0.2) is 43.0 Å². The summed E-state index contributed by atoms with van der Waals surface area (Å²) in [5.41, 5.74) is 1.52. The molecule has 2 heterocycles. The molecule has 1 aromatic rings. The number of amides is 3. The van der Waals surface area contributed by atoms with Crippen molar-refractivity contribution in [2.45, 2.75) is 38.5 Å². The molecule has 3 amide bonds. The number of carbonyl (C=O) groups excluding carboxylic acids is 2. The van der Waals surface area contributed by atoms with Gasteiger partial charge in [0, 0.05) is 31.0 Å². The SMILES string of the molecule is O=C(Nc1ccc(NC(=O)N2CCCCCC2)cc1)C1CCCNC1. The van der Waals surface area contributed by atoms with Gasteiger partial charge < -0.3 is 20.9 Å². The Morgan fingerprint density at radius 2 is 1.56 bits per heavy atom. The van der Waals surface area contributed by atoms with E-state index in [4.69, 9.17) is 0 Å². The molecule has 1 unspecified atom stereocenters. The molecule has 3 rings (SSSR count). The molecule has 0 saturated carbocycles. The molecule has 6 heteroatoms. The predicted octanol–water partition coefficient (Wildman–Crippen LogP) is 3.03. The number of carbonyl (C=O) groups is 2. The summed E-state index contributed by atoms with van der Waals surface area (Å²) in [7, 11) is 0. The zero-order valence-corrected chi connectivity index (χ0v) is 14.7. The fourth-order valence-electron chi connectivity index (χ4n) is 3.43. The third-order valence-electron chi connectivity index (χ3n) is 4.96. The molecular weight excluding hydrogens is 316 g/mol. The number of benzene rings is 1. The van der Waals surface area contributed by atoms with Gasteiger partial charge in [0.2, 0.25) is 5.91 Å². The summed E-state index contributed by atoms with van der Waals surface area (Å²) in [5, 5.41) is 9.16. The van der Waals surface area contributed by atoms with Crippen LogP contribution in [0.1, 0.15) is 38.5 Å². The smallest absolute Gasteiger partial charge is 0.321 e. The van der Waals surface area contributed by atoms with E-state index in [1.807, 2.05) is 29.2 Å². The van der Waals surface area contributed by atoms with Crippen LogP contribution in [-0.2, 0) is 4.79 Å². The normalized spacial score (nSPS) is 21.3. The Morgan fingerprint density at radius 3 is 2.16 bits per heavy atom. The quantitative estimate of drug-likeness (QED) is 0.789. The van der Waals surface area contributed by atoms with Crippen LogP contribution >= 0.6 is 0 Å². The van der Waals surface area contributed by atoms with Crippen LogP contribution in [0.15, 0.2) is 24.3 Å². The van der Waals surface area contributed by atoms with E-state index in [1.165, 1.54) is 12.8 Å². The first-order valence-electron chi connectivity index (χ1n) is 9.40. The minimum absolute atomic E-state index is 0.0352. The Kier molecular flexibility index (Phi) is 6.28. The lowest BCUT2D eigenvalue weighted by molar-refractivity contribution is -0.120. The third kappa shape index (κ3) is 5.19. The molecule has 2 saturated heterocycles. The maximum atomic E-state index is 12.3. The van der Waals surface area contributed by atoms with E-state index >= 15 is 0 Å². The molecule has 3 N–H and O–H groups in total. The first-order valence-corrected chi connectivity index (χ1v) is 9.40. The first-order chi connectivity index (χ1) is 12.2. The maximum absolute atomic E-state index is 12.3. The van der Waals surface area contributed by atoms with Gasteiger partial charge in [-0.25, -0.2) is 4.79 Å². The second-order valence-corrected chi connectivity index (χ2v) is 6.94. The maximum Gasteiger partial charge on any atom is 0.321 e. The Balaban J connectivity index is 1.51. The Bertz CT molecular complexity index is 574. The average molecular weight is 344 g/mol. The Labute approximate surface area is 149 Å². The fraction of sp³-hybridized carbons (Fsp3) is 0.579. The van der Waals surface area contributed by atoms with Gasteiger partial charge in [-0.05, 0) is 56.5 Å². The summed E-state index contributed by atoms with van der Waals surface area (Å²) < 4.78 is 0. The van der Waals surface area contributed by atoms with Crippen LogP contribution in [0.5, 0.6) is 0 Å². The van der Waals surface area contributed by atoms with Gasteiger partial charge in [-0.1, -0.05) is 12.8 Å². The van der Waals surface area contributed by atoms with Crippen molar-refractivity contribution in [3.63, 3.8) is 0 Å². The molecule has 1 aromatic carbocycles. The van der Waals surface area contributed by atoms with Crippen molar-refractivity contribution < 1.29 is 9.59 Å². The number of nitrogens with zero attached hydrogens (tertiary/aromatic N) is 1. The van der Waals surface area contributed by atoms with Gasteiger partial charge in [-0.3, -0.25) is 4.79 Å². The van der Waals surface area contributed by atoms with Crippen LogP contribution < -0.4 is 16.0 Å². The molecule has 2 fully saturated rings. The van der Waals surface area contributed by atoms with E-state index in [2.05, 4.69) is 16.0 Å². The lowest BCUT2D eigenvalue weighted by Gasteiger charge is -2.22. The van der Waals surface area contributed by atoms with Gasteiger partial charge in [0.1, 0.15) is 0 Å². The van der Waals surface area contributed by atoms with Gasteiger partial charge in [-0.2, -0.15) is 0 Å². The lowest BCUT2D eigenvalue weighted by Crippen LogP contribution is -2.37. The summed E-state index contributed by atoms with van der Waals surface area (Å²) in [5.74, 6) is 0.102. The largest absolute Gasteiger partial charge is 0.326 e. The Morgan fingerprint density at radius 1 is 0.920 bits per heavy atom. The number of anilines is 2. The summed E-state index contributed by atoms with van der Waals surface area (Å²) >= 11 is 0. The molecular formula is C19H28N4O2. The van der Waals surface area contributed by atoms with E-state index in [1.54, 1.807) is 0 Å². The third-order valence-corrected chi connectivity index (χ3v) is 4.96. The molecule has 2 aliphatic heterocycles. The van der Waals surface area contributed by atoms with E-state index in [9.17, 15) is 9.59 Å². The molecule has 1 atom stereocenters. The van der Waals surface area contributed by atoms with Gasteiger partial charge in [0.05, 0.1) is 5.92 Å². The minimum Gasteiger partial charge on any atom is -0.326 e. The number of hydrogen-bond acceptors (Lipinski definition) is 3. The minimum atomic E-state index is -0.0352. The van der Waals surface area contributed by atoms with E-state index in [-0.39, 0.29) is 17.9 Å². The van der Waals surface area contributed by atoms with Gasteiger partial charge in [-0.15, -0.1) is 0 Å². The summed E-state index contributed by atoms with van der Waals surface area (Å²) in [6, 6.07) is 7.32. The molecule has 2 aliphatic rings. The summed E-state index contributed by atoms with van der Waals surface area (Å²) in [6.45, 7) is 3.40. The monoisotopic (exact) mass is 344 g/mol. The lowest BCUT2D eigenvalue weighted by atomic mass is 9.99. The summed E-state index contributed by atoms with van der Waals surface area (Å²) in [6.07, 6.45) is 6.54. The highest BCUT2D eigenvalue weighted by Gasteiger charge is 2.21. The van der Waals surface area contributed by atoms with Crippen molar-refractivity contribution in [1.29, 1.82) is 0 Å². The van der Waals surface area contributed by atoms with Gasteiger partial charge in [0.25, 0.3) is 0 Å². The van der Waals surface area contributed by atoms with Crippen LogP contribution in [0.2, 0.25) is 0 Å². The average Bonchev–Trinajstić information content (AvgIpc) is 2.93. The standard InChI is InChI=1S/C19H28N4O2/c24-18(15-6-5-11-20-14-15)21-16-7-9-17(10-8-16)22-19(25)23-12-3-1-2-4-13-23/h7-10,15,20H,1-6,11-14H2,(H,21,24)(H,22,25). The predicted molar refractivity (Wildman–Crippen MR) is 99.7 cm³/mol. The Hall–Kier alpha value is -2.08. The zero-order valence-electron chi connectivity index (χ0n) is 14.7. The number of nitrogens with one attached hydrogen (secondary N) is 3. The molecule has 0 bridgehead atoms. The number of rotatable bonds is 3. The highest BCUT2D eigenvalue weighted by Crippen LogP contribution is 2.18. The molecule has 0 aromatic heterocycles. The number of hydrogen-bond donors (Lipinski definition) is 3. The van der Waals surface area contributed by atoms with Crippen molar-refractivity contribution >= 4 is 23.3 Å². The van der Waals surface area contributed by atoms with Crippen LogP contribution in [0.25, 0.3) is 0 Å². The van der Waals surface area contributed by atoms with Crippen molar-refractivity contribution in [3.8, 4) is 0 Å². The highest BCUT2D eigenvalue weighted by molar-refractivity contribution is 5.93. The van der Waals surface area contributed by atoms with Crippen molar-refractivity contribution in [1.82, 2.24) is 10.2 Å². The van der Waals surface area contributed by atoms with Crippen LogP contribution in [0.3, 0.4) is 0 Å². The van der Waals surface area contributed by atoms with E-state index < -0.39 is 0 Å². The molecule has 6 nitrogen and oxygen atoms in total. The fourth-order valence-corrected chi connectivity index (χ4v) is 3.43. The van der Waals surface area contributed by atoms with Gasteiger partial charge >= 0.3 is 6.03 Å². The van der Waals surface area contributed by atoms with Crippen LogP contribution in [0.4, 0.5) is 16.2 Å². The summed E-state index contributed by atoms with van der Waals surface area (Å²) in [4.78, 5) is 26.5. The number of urea groups is 1. The van der Waals surface area contributed by atoms with Crippen molar-refractivity contribution in [2.75, 3.05) is 36.8 Å². The van der Waals surface area contributed by atoms with Crippen LogP contribution in [0, 0.1) is 5.92 Å². The second-order valence-electron chi connectivity index (χ2n) is 6.94. The van der Waals surface area contributed by atoms with E-state index in [0.29, 0.717) is 0 Å². The first kappa shape index (κ1) is 17.7. The van der Waals surface area contributed by atoms with Crippen molar-refractivity contribution in [2.24, 2.45) is 5.92 Å². The van der Waals surface area contributed by atoms with Gasteiger partial charge in [0.15, 0.2) is 0 Å². The van der Waals surface area contributed by atoms with Crippen molar-refractivity contribution in [3.05, 3.63) is 24.3 Å². The molecule has 0 spiro atoms. The molecule has 0 radical (unpaired) electrons. The highest BCUT2D eigenvalue weighted by atomic mass is 16.2. The second kappa shape index (κ2) is 8.85.